The minimum absolute atomic E-state index is 0.110. The normalized spacial score (nSPS) is 20.8. The van der Waals surface area contributed by atoms with Crippen LogP contribution in [0.3, 0.4) is 0 Å². The molecule has 15 heavy (non-hydrogen) atoms. The van der Waals surface area contributed by atoms with E-state index in [2.05, 4.69) is 26.1 Å². The molecule has 0 bridgehead atoms. The summed E-state index contributed by atoms with van der Waals surface area (Å²) >= 11 is 1.95. The summed E-state index contributed by atoms with van der Waals surface area (Å²) in [6, 6.07) is 0. The van der Waals surface area contributed by atoms with Gasteiger partial charge in [0, 0.05) is 23.1 Å². The Morgan fingerprint density at radius 2 is 1.93 bits per heavy atom. The standard InChI is InChI=1S/C12H25NOS/c1-12(2,3)13-8-10(14)9-15-11-6-4-5-7-11/h10-11,13-14H,4-9H2,1-3H3. The topological polar surface area (TPSA) is 32.3 Å². The van der Waals surface area contributed by atoms with Gasteiger partial charge >= 0.3 is 0 Å². The van der Waals surface area contributed by atoms with E-state index in [-0.39, 0.29) is 11.6 Å². The first-order valence-electron chi connectivity index (χ1n) is 6.02. The van der Waals surface area contributed by atoms with Crippen LogP contribution >= 0.6 is 11.8 Å². The van der Waals surface area contributed by atoms with Crippen molar-refractivity contribution in [2.75, 3.05) is 12.3 Å². The lowest BCUT2D eigenvalue weighted by Crippen LogP contribution is -2.41. The Morgan fingerprint density at radius 3 is 2.47 bits per heavy atom. The highest BCUT2D eigenvalue weighted by Gasteiger charge is 2.17. The first-order valence-corrected chi connectivity index (χ1v) is 7.07. The molecule has 0 aliphatic heterocycles. The van der Waals surface area contributed by atoms with Crippen molar-refractivity contribution in [2.45, 2.75) is 63.3 Å². The van der Waals surface area contributed by atoms with Crippen molar-refractivity contribution in [3.05, 3.63) is 0 Å². The van der Waals surface area contributed by atoms with Gasteiger partial charge in [-0.1, -0.05) is 12.8 Å². The summed E-state index contributed by atoms with van der Waals surface area (Å²) in [6.07, 6.45) is 5.27. The van der Waals surface area contributed by atoms with Crippen LogP contribution in [0.25, 0.3) is 0 Å². The number of aliphatic hydroxyl groups is 1. The summed E-state index contributed by atoms with van der Waals surface area (Å²) in [6.45, 7) is 7.10. The number of hydrogen-bond donors (Lipinski definition) is 2. The van der Waals surface area contributed by atoms with Crippen LogP contribution in [0, 0.1) is 0 Å². The Balaban J connectivity index is 2.05. The van der Waals surface area contributed by atoms with Crippen LogP contribution in [0.4, 0.5) is 0 Å². The first-order chi connectivity index (χ1) is 6.97. The first kappa shape index (κ1) is 13.3. The Morgan fingerprint density at radius 1 is 1.33 bits per heavy atom. The van der Waals surface area contributed by atoms with Crippen LogP contribution in [0.1, 0.15) is 46.5 Å². The maximum absolute atomic E-state index is 9.79. The maximum Gasteiger partial charge on any atom is 0.0755 e. The highest BCUT2D eigenvalue weighted by molar-refractivity contribution is 7.99. The van der Waals surface area contributed by atoms with Gasteiger partial charge < -0.3 is 10.4 Å². The van der Waals surface area contributed by atoms with Gasteiger partial charge in [-0.15, -0.1) is 0 Å². The van der Waals surface area contributed by atoms with Gasteiger partial charge in [0.1, 0.15) is 0 Å². The fourth-order valence-corrected chi connectivity index (χ4v) is 3.06. The van der Waals surface area contributed by atoms with Crippen LogP contribution in [0.5, 0.6) is 0 Å². The molecule has 2 N–H and O–H groups in total. The highest BCUT2D eigenvalue weighted by Crippen LogP contribution is 2.29. The molecular weight excluding hydrogens is 206 g/mol. The van der Waals surface area contributed by atoms with Gasteiger partial charge in [-0.2, -0.15) is 11.8 Å². The molecule has 3 heteroatoms. The molecule has 1 rings (SSSR count). The van der Waals surface area contributed by atoms with Crippen molar-refractivity contribution in [1.82, 2.24) is 5.32 Å². The van der Waals surface area contributed by atoms with Gasteiger partial charge in [0.2, 0.25) is 0 Å². The average molecular weight is 231 g/mol. The molecule has 1 fully saturated rings. The van der Waals surface area contributed by atoms with Crippen molar-refractivity contribution in [2.24, 2.45) is 0 Å². The van der Waals surface area contributed by atoms with E-state index in [4.69, 9.17) is 0 Å². The summed E-state index contributed by atoms with van der Waals surface area (Å²) < 4.78 is 0. The monoisotopic (exact) mass is 231 g/mol. The smallest absolute Gasteiger partial charge is 0.0755 e. The van der Waals surface area contributed by atoms with E-state index in [1.807, 2.05) is 11.8 Å². The Hall–Kier alpha value is 0.270. The third kappa shape index (κ3) is 6.44. The minimum Gasteiger partial charge on any atom is -0.391 e. The quantitative estimate of drug-likeness (QED) is 0.762. The second-order valence-corrected chi connectivity index (χ2v) is 6.86. The van der Waals surface area contributed by atoms with Crippen molar-refractivity contribution in [3.63, 3.8) is 0 Å². The van der Waals surface area contributed by atoms with E-state index >= 15 is 0 Å². The molecular formula is C12H25NOS. The molecule has 1 saturated carbocycles. The zero-order valence-corrected chi connectivity index (χ0v) is 11.1. The predicted octanol–water partition coefficient (Wildman–Crippen LogP) is 2.41. The molecule has 0 spiro atoms. The van der Waals surface area contributed by atoms with E-state index in [1.165, 1.54) is 25.7 Å². The zero-order chi connectivity index (χ0) is 11.3. The van der Waals surface area contributed by atoms with Gasteiger partial charge in [0.05, 0.1) is 6.10 Å². The molecule has 90 valence electrons. The van der Waals surface area contributed by atoms with Crippen LogP contribution < -0.4 is 5.32 Å². The zero-order valence-electron chi connectivity index (χ0n) is 10.3. The van der Waals surface area contributed by atoms with Gasteiger partial charge in [-0.25, -0.2) is 0 Å². The predicted molar refractivity (Wildman–Crippen MR) is 68.5 cm³/mol. The minimum atomic E-state index is -0.199. The lowest BCUT2D eigenvalue weighted by atomic mass is 10.1. The summed E-state index contributed by atoms with van der Waals surface area (Å²) in [5.74, 6) is 0.883. The van der Waals surface area contributed by atoms with E-state index in [9.17, 15) is 5.11 Å². The SMILES string of the molecule is CC(C)(C)NCC(O)CSC1CCCC1. The third-order valence-electron chi connectivity index (χ3n) is 2.69. The summed E-state index contributed by atoms with van der Waals surface area (Å²) in [5, 5.41) is 13.9. The van der Waals surface area contributed by atoms with Gasteiger partial charge in [-0.05, 0) is 33.6 Å². The van der Waals surface area contributed by atoms with E-state index in [0.29, 0.717) is 6.54 Å². The van der Waals surface area contributed by atoms with Crippen molar-refractivity contribution in [3.8, 4) is 0 Å². The molecule has 1 aliphatic carbocycles. The third-order valence-corrected chi connectivity index (χ3v) is 4.21. The van der Waals surface area contributed by atoms with Crippen LogP contribution in [-0.2, 0) is 0 Å². The van der Waals surface area contributed by atoms with Crippen LogP contribution in [0.15, 0.2) is 0 Å². The number of hydrogen-bond acceptors (Lipinski definition) is 3. The second kappa shape index (κ2) is 6.12. The number of rotatable bonds is 5. The molecule has 0 aromatic heterocycles. The molecule has 2 nitrogen and oxygen atoms in total. The molecule has 0 heterocycles. The molecule has 0 radical (unpaired) electrons. The van der Waals surface area contributed by atoms with E-state index in [1.54, 1.807) is 0 Å². The summed E-state index contributed by atoms with van der Waals surface area (Å²) in [5.41, 5.74) is 0.110. The molecule has 0 amide bonds. The summed E-state index contributed by atoms with van der Waals surface area (Å²) in [4.78, 5) is 0. The average Bonchev–Trinajstić information content (AvgIpc) is 2.62. The molecule has 0 saturated heterocycles. The van der Waals surface area contributed by atoms with Crippen molar-refractivity contribution in [1.29, 1.82) is 0 Å². The molecule has 1 unspecified atom stereocenters. The van der Waals surface area contributed by atoms with Crippen molar-refractivity contribution >= 4 is 11.8 Å². The fraction of sp³-hybridized carbons (Fsp3) is 1.00. The summed E-state index contributed by atoms with van der Waals surface area (Å²) in [7, 11) is 0. The lowest BCUT2D eigenvalue weighted by molar-refractivity contribution is 0.183. The van der Waals surface area contributed by atoms with Gasteiger partial charge in [0.25, 0.3) is 0 Å². The number of nitrogens with one attached hydrogen (secondary N) is 1. The van der Waals surface area contributed by atoms with E-state index < -0.39 is 0 Å². The molecule has 0 aromatic carbocycles. The number of aliphatic hydroxyl groups excluding tert-OH is 1. The Bertz CT molecular complexity index is 173. The Labute approximate surface area is 98.2 Å². The maximum atomic E-state index is 9.79. The largest absolute Gasteiger partial charge is 0.391 e. The molecule has 1 atom stereocenters. The molecule has 1 aliphatic rings. The number of thioether (sulfide) groups is 1. The Kier molecular flexibility index (Phi) is 5.44. The highest BCUT2D eigenvalue weighted by atomic mass is 32.2. The van der Waals surface area contributed by atoms with Gasteiger partial charge in [0.15, 0.2) is 0 Å². The number of β-amino-alcohol motifs (C(OH)–C–C–N with tert-alkyl or cyclic N) is 1. The van der Waals surface area contributed by atoms with Crippen LogP contribution in [-0.4, -0.2) is 34.3 Å². The second-order valence-electron chi connectivity index (χ2n) is 5.52. The van der Waals surface area contributed by atoms with E-state index in [0.717, 1.165) is 11.0 Å². The van der Waals surface area contributed by atoms with Gasteiger partial charge in [-0.3, -0.25) is 0 Å². The molecule has 0 aromatic rings. The van der Waals surface area contributed by atoms with Crippen molar-refractivity contribution < 1.29 is 5.11 Å². The lowest BCUT2D eigenvalue weighted by Gasteiger charge is -2.23. The van der Waals surface area contributed by atoms with Crippen LogP contribution in [0.2, 0.25) is 0 Å². The fourth-order valence-electron chi connectivity index (χ4n) is 1.79.